The maximum Gasteiger partial charge on any atom is 0.407 e. The molecule has 2 atom stereocenters. The number of hydrogen-bond donors (Lipinski definition) is 2. The molecule has 0 aromatic heterocycles. The van der Waals surface area contributed by atoms with E-state index in [-0.39, 0.29) is 25.0 Å². The van der Waals surface area contributed by atoms with Crippen molar-refractivity contribution in [3.05, 3.63) is 25.3 Å². The molecule has 224 valence electrons. The predicted molar refractivity (Wildman–Crippen MR) is 138 cm³/mol. The molecule has 40 heavy (non-hydrogen) atoms. The summed E-state index contributed by atoms with van der Waals surface area (Å²) in [6.45, 7) is 8.91. The molecule has 14 heteroatoms. The molecule has 0 aromatic carbocycles. The van der Waals surface area contributed by atoms with E-state index in [0.29, 0.717) is 13.1 Å². The number of ether oxygens (including phenoxy) is 6. The molecule has 2 amide bonds. The zero-order valence-corrected chi connectivity index (χ0v) is 22.8. The van der Waals surface area contributed by atoms with Gasteiger partial charge >= 0.3 is 36.1 Å². The zero-order valence-electron chi connectivity index (χ0n) is 22.8. The standard InChI is InChI=1S/C26H38N2O12/c1-5-21(29)35-15-23(31)39-17(3)13-37-25(33)27-11-19-7-9-20(10-8-19)12-28-26(34)38-14-18(4)40-24(32)16-36-22(30)6-2/h5-6,17-20H,1-2,7-16H2,3-4H3,(H,27,33)(H,28,34). The molecule has 1 fully saturated rings. The van der Waals surface area contributed by atoms with Crippen molar-refractivity contribution < 1.29 is 57.2 Å². The van der Waals surface area contributed by atoms with E-state index < -0.39 is 61.5 Å². The Hall–Kier alpha value is -4.10. The van der Waals surface area contributed by atoms with Gasteiger partial charge in [-0.25, -0.2) is 28.8 Å². The summed E-state index contributed by atoms with van der Waals surface area (Å²) < 4.78 is 29.2. The van der Waals surface area contributed by atoms with Crippen LogP contribution in [-0.2, 0) is 47.6 Å². The fraction of sp³-hybridized carbons (Fsp3) is 0.615. The van der Waals surface area contributed by atoms with Crippen molar-refractivity contribution in [2.24, 2.45) is 11.8 Å². The lowest BCUT2D eigenvalue weighted by atomic mass is 9.82. The van der Waals surface area contributed by atoms with Gasteiger partial charge in [-0.3, -0.25) is 0 Å². The highest BCUT2D eigenvalue weighted by atomic mass is 16.6. The summed E-state index contributed by atoms with van der Waals surface area (Å²) >= 11 is 0. The molecule has 0 heterocycles. The van der Waals surface area contributed by atoms with Crippen molar-refractivity contribution in [2.75, 3.05) is 39.5 Å². The molecule has 0 aliphatic heterocycles. The average Bonchev–Trinajstić information content (AvgIpc) is 2.94. The number of rotatable bonds is 16. The second kappa shape index (κ2) is 19.0. The molecule has 2 N–H and O–H groups in total. The minimum Gasteiger partial charge on any atom is -0.457 e. The molecule has 1 aliphatic rings. The molecule has 0 aromatic rings. The van der Waals surface area contributed by atoms with Crippen LogP contribution in [0.25, 0.3) is 0 Å². The topological polar surface area (TPSA) is 182 Å². The van der Waals surface area contributed by atoms with Gasteiger partial charge in [-0.1, -0.05) is 13.2 Å². The summed E-state index contributed by atoms with van der Waals surface area (Å²) in [6.07, 6.45) is 2.54. The summed E-state index contributed by atoms with van der Waals surface area (Å²) in [7, 11) is 0. The number of esters is 4. The third-order valence-corrected chi connectivity index (χ3v) is 5.60. The van der Waals surface area contributed by atoms with Crippen LogP contribution in [0.2, 0.25) is 0 Å². The van der Waals surface area contributed by atoms with E-state index in [4.69, 9.17) is 18.9 Å². The van der Waals surface area contributed by atoms with Gasteiger partial charge < -0.3 is 39.1 Å². The van der Waals surface area contributed by atoms with E-state index in [1.807, 2.05) is 0 Å². The average molecular weight is 571 g/mol. The first-order valence-corrected chi connectivity index (χ1v) is 12.8. The van der Waals surface area contributed by atoms with Crippen LogP contribution in [0.5, 0.6) is 0 Å². The zero-order chi connectivity index (χ0) is 29.9. The second-order valence-electron chi connectivity index (χ2n) is 9.07. The lowest BCUT2D eigenvalue weighted by molar-refractivity contribution is -0.160. The van der Waals surface area contributed by atoms with Gasteiger partial charge in [0.15, 0.2) is 13.2 Å². The molecule has 0 radical (unpaired) electrons. The molecule has 0 saturated heterocycles. The van der Waals surface area contributed by atoms with Crippen molar-refractivity contribution in [1.82, 2.24) is 10.6 Å². The molecule has 1 aliphatic carbocycles. The van der Waals surface area contributed by atoms with E-state index >= 15 is 0 Å². The minimum absolute atomic E-state index is 0.159. The summed E-state index contributed by atoms with van der Waals surface area (Å²) in [5.74, 6) is -2.52. The first-order chi connectivity index (χ1) is 19.0. The highest BCUT2D eigenvalue weighted by Gasteiger charge is 2.23. The summed E-state index contributed by atoms with van der Waals surface area (Å²) in [4.78, 5) is 68.9. The third-order valence-electron chi connectivity index (χ3n) is 5.60. The summed E-state index contributed by atoms with van der Waals surface area (Å²) in [5.41, 5.74) is 0. The lowest BCUT2D eigenvalue weighted by Crippen LogP contribution is -2.36. The highest BCUT2D eigenvalue weighted by Crippen LogP contribution is 2.28. The number of carbonyl (C=O) groups excluding carboxylic acids is 6. The fourth-order valence-corrected chi connectivity index (χ4v) is 3.55. The monoisotopic (exact) mass is 570 g/mol. The van der Waals surface area contributed by atoms with E-state index in [1.54, 1.807) is 0 Å². The van der Waals surface area contributed by atoms with Crippen LogP contribution in [0, 0.1) is 11.8 Å². The van der Waals surface area contributed by atoms with Crippen molar-refractivity contribution >= 4 is 36.1 Å². The van der Waals surface area contributed by atoms with E-state index in [9.17, 15) is 28.8 Å². The number of carbonyl (C=O) groups is 6. The molecule has 14 nitrogen and oxygen atoms in total. The Balaban J connectivity index is 2.13. The molecular formula is C26H38N2O12. The number of nitrogens with one attached hydrogen (secondary N) is 2. The van der Waals surface area contributed by atoms with E-state index in [2.05, 4.69) is 33.3 Å². The van der Waals surface area contributed by atoms with Gasteiger partial charge in [0.2, 0.25) is 0 Å². The first kappa shape index (κ1) is 33.9. The Morgan fingerprint density at radius 3 is 1.35 bits per heavy atom. The van der Waals surface area contributed by atoms with Crippen LogP contribution in [0.15, 0.2) is 25.3 Å². The predicted octanol–water partition coefficient (Wildman–Crippen LogP) is 1.57. The van der Waals surface area contributed by atoms with Crippen molar-refractivity contribution in [2.45, 2.75) is 51.7 Å². The lowest BCUT2D eigenvalue weighted by Gasteiger charge is -2.28. The number of hydrogen-bond acceptors (Lipinski definition) is 12. The van der Waals surface area contributed by atoms with E-state index in [1.165, 1.54) is 13.8 Å². The Morgan fingerprint density at radius 2 is 1.02 bits per heavy atom. The minimum atomic E-state index is -0.771. The molecular weight excluding hydrogens is 532 g/mol. The van der Waals surface area contributed by atoms with Crippen LogP contribution < -0.4 is 10.6 Å². The smallest absolute Gasteiger partial charge is 0.407 e. The normalized spacial score (nSPS) is 17.6. The molecule has 0 spiro atoms. The SMILES string of the molecule is C=CC(=O)OCC(=O)OC(C)COC(=O)NCC1CCC(CNC(=O)OCC(C)OC(=O)COC(=O)C=C)CC1. The maximum atomic E-state index is 11.9. The number of alkyl carbamates (subject to hydrolysis) is 2. The van der Waals surface area contributed by atoms with Gasteiger partial charge in [0.25, 0.3) is 0 Å². The van der Waals surface area contributed by atoms with E-state index in [0.717, 1.165) is 37.8 Å². The summed E-state index contributed by atoms with van der Waals surface area (Å²) in [6, 6.07) is 0. The summed E-state index contributed by atoms with van der Waals surface area (Å²) in [5, 5.41) is 5.39. The first-order valence-electron chi connectivity index (χ1n) is 12.8. The van der Waals surface area contributed by atoms with Crippen molar-refractivity contribution in [3.8, 4) is 0 Å². The Kier molecular flexibility index (Phi) is 16.1. The molecule has 1 rings (SSSR count). The maximum absolute atomic E-state index is 11.9. The third kappa shape index (κ3) is 16.0. The van der Waals surface area contributed by atoms with Gasteiger partial charge in [-0.15, -0.1) is 0 Å². The fourth-order valence-electron chi connectivity index (χ4n) is 3.55. The van der Waals surface area contributed by atoms with Gasteiger partial charge in [-0.05, 0) is 51.4 Å². The van der Waals surface area contributed by atoms with Crippen LogP contribution >= 0.6 is 0 Å². The molecule has 0 bridgehead atoms. The molecule has 2 unspecified atom stereocenters. The quantitative estimate of drug-likeness (QED) is 0.155. The largest absolute Gasteiger partial charge is 0.457 e. The van der Waals surface area contributed by atoms with Crippen LogP contribution in [0.3, 0.4) is 0 Å². The Bertz CT molecular complexity index is 826. The van der Waals surface area contributed by atoms with Gasteiger partial charge in [0.1, 0.15) is 25.4 Å². The Morgan fingerprint density at radius 1 is 0.675 bits per heavy atom. The second-order valence-corrected chi connectivity index (χ2v) is 9.07. The van der Waals surface area contributed by atoms with Crippen LogP contribution in [-0.4, -0.2) is 87.8 Å². The van der Waals surface area contributed by atoms with Crippen LogP contribution in [0.4, 0.5) is 9.59 Å². The number of amides is 2. The van der Waals surface area contributed by atoms with Gasteiger partial charge in [-0.2, -0.15) is 0 Å². The Labute approximate surface area is 232 Å². The molecule has 1 saturated carbocycles. The van der Waals surface area contributed by atoms with Gasteiger partial charge in [0, 0.05) is 25.2 Å². The highest BCUT2D eigenvalue weighted by molar-refractivity contribution is 5.84. The van der Waals surface area contributed by atoms with Gasteiger partial charge in [0.05, 0.1) is 0 Å². The van der Waals surface area contributed by atoms with Crippen molar-refractivity contribution in [3.63, 3.8) is 0 Å². The van der Waals surface area contributed by atoms with Crippen LogP contribution in [0.1, 0.15) is 39.5 Å². The van der Waals surface area contributed by atoms with Crippen molar-refractivity contribution in [1.29, 1.82) is 0 Å².